The zero-order valence-corrected chi connectivity index (χ0v) is 11.7. The second kappa shape index (κ2) is 6.87. The third kappa shape index (κ3) is 6.14. The smallest absolute Gasteiger partial charge is 0.148 e. The van der Waals surface area contributed by atoms with Crippen molar-refractivity contribution in [2.24, 2.45) is 0 Å². The molecule has 102 valence electrons. The first-order valence-electron chi connectivity index (χ1n) is 5.98. The molecule has 0 amide bonds. The number of nitrogens with zero attached hydrogens (tertiary/aromatic N) is 1. The molecule has 0 radical (unpaired) electrons. The van der Waals surface area contributed by atoms with Crippen LogP contribution in [0.15, 0.2) is 30.3 Å². The van der Waals surface area contributed by atoms with Crippen molar-refractivity contribution in [2.75, 3.05) is 32.1 Å². The van der Waals surface area contributed by atoms with Crippen LogP contribution in [0, 0.1) is 0 Å². The Morgan fingerprint density at radius 1 is 1.22 bits per heavy atom. The monoisotopic (exact) mass is 271 g/mol. The summed E-state index contributed by atoms with van der Waals surface area (Å²) in [5.74, 6) is 0.158. The van der Waals surface area contributed by atoms with Crippen LogP contribution in [0.3, 0.4) is 0 Å². The third-order valence-electron chi connectivity index (χ3n) is 2.81. The van der Waals surface area contributed by atoms with Gasteiger partial charge >= 0.3 is 0 Å². The maximum atomic E-state index is 11.0. The first-order chi connectivity index (χ1) is 8.38. The zero-order valence-electron chi connectivity index (χ0n) is 10.9. The minimum Gasteiger partial charge on any atom is -0.388 e. The van der Waals surface area contributed by atoms with Crippen LogP contribution in [0.5, 0.6) is 0 Å². The average Bonchev–Trinajstić information content (AvgIpc) is 2.33. The lowest BCUT2D eigenvalue weighted by atomic mass is 10.1. The van der Waals surface area contributed by atoms with Crippen molar-refractivity contribution >= 4 is 9.84 Å². The molecule has 1 unspecified atom stereocenters. The summed E-state index contributed by atoms with van der Waals surface area (Å²) < 4.78 is 22.0. The zero-order chi connectivity index (χ0) is 13.6. The van der Waals surface area contributed by atoms with E-state index in [0.717, 1.165) is 5.56 Å². The molecule has 0 saturated heterocycles. The van der Waals surface area contributed by atoms with E-state index in [0.29, 0.717) is 19.5 Å². The Morgan fingerprint density at radius 2 is 1.83 bits per heavy atom. The molecule has 1 N–H and O–H groups in total. The van der Waals surface area contributed by atoms with E-state index in [-0.39, 0.29) is 5.75 Å². The van der Waals surface area contributed by atoms with E-state index in [4.69, 9.17) is 0 Å². The summed E-state index contributed by atoms with van der Waals surface area (Å²) in [6, 6.07) is 9.48. The first-order valence-corrected chi connectivity index (χ1v) is 8.04. The molecular weight excluding hydrogens is 250 g/mol. The van der Waals surface area contributed by atoms with E-state index in [1.807, 2.05) is 42.3 Å². The maximum absolute atomic E-state index is 11.0. The van der Waals surface area contributed by atoms with Crippen molar-refractivity contribution < 1.29 is 13.5 Å². The van der Waals surface area contributed by atoms with Crippen LogP contribution < -0.4 is 0 Å². The number of hydrogen-bond donors (Lipinski definition) is 1. The predicted molar refractivity (Wildman–Crippen MR) is 73.2 cm³/mol. The van der Waals surface area contributed by atoms with Crippen LogP contribution in [0.4, 0.5) is 0 Å². The standard InChI is InChI=1S/C13H21NO3S/c1-14(10-11-18(2,16)17)9-8-13(15)12-6-4-3-5-7-12/h3-7,13,15H,8-11H2,1-2H3. The highest BCUT2D eigenvalue weighted by Gasteiger charge is 2.10. The van der Waals surface area contributed by atoms with E-state index in [9.17, 15) is 13.5 Å². The number of hydrogen-bond acceptors (Lipinski definition) is 4. The van der Waals surface area contributed by atoms with Crippen molar-refractivity contribution in [2.45, 2.75) is 12.5 Å². The van der Waals surface area contributed by atoms with Crippen molar-refractivity contribution in [3.8, 4) is 0 Å². The normalized spacial score (nSPS) is 13.8. The summed E-state index contributed by atoms with van der Waals surface area (Å²) in [5.41, 5.74) is 0.897. The minimum absolute atomic E-state index is 0.158. The highest BCUT2D eigenvalue weighted by atomic mass is 32.2. The second-order valence-electron chi connectivity index (χ2n) is 4.65. The van der Waals surface area contributed by atoms with Gasteiger partial charge in [0.2, 0.25) is 0 Å². The highest BCUT2D eigenvalue weighted by Crippen LogP contribution is 2.15. The van der Waals surface area contributed by atoms with Gasteiger partial charge in [-0.3, -0.25) is 0 Å². The summed E-state index contributed by atoms with van der Waals surface area (Å²) in [6.07, 6.45) is 1.34. The van der Waals surface area contributed by atoms with Gasteiger partial charge in [0.1, 0.15) is 9.84 Å². The van der Waals surface area contributed by atoms with Crippen LogP contribution in [-0.4, -0.2) is 50.6 Å². The molecule has 0 spiro atoms. The van der Waals surface area contributed by atoms with Gasteiger partial charge in [-0.15, -0.1) is 0 Å². The van der Waals surface area contributed by atoms with E-state index < -0.39 is 15.9 Å². The van der Waals surface area contributed by atoms with Crippen molar-refractivity contribution in [3.63, 3.8) is 0 Å². The predicted octanol–water partition coefficient (Wildman–Crippen LogP) is 1.09. The SMILES string of the molecule is CN(CCC(O)c1ccccc1)CCS(C)(=O)=O. The van der Waals surface area contributed by atoms with Gasteiger partial charge in [0, 0.05) is 19.3 Å². The molecule has 0 aliphatic heterocycles. The Labute approximate surface area is 109 Å². The quantitative estimate of drug-likeness (QED) is 0.806. The van der Waals surface area contributed by atoms with Gasteiger partial charge in [0.25, 0.3) is 0 Å². The molecule has 0 aliphatic rings. The van der Waals surface area contributed by atoms with Gasteiger partial charge in [0.05, 0.1) is 11.9 Å². The highest BCUT2D eigenvalue weighted by molar-refractivity contribution is 7.90. The Bertz CT molecular complexity index is 445. The molecule has 1 rings (SSSR count). The molecular formula is C13H21NO3S. The van der Waals surface area contributed by atoms with Gasteiger partial charge < -0.3 is 10.0 Å². The maximum Gasteiger partial charge on any atom is 0.148 e. The fourth-order valence-corrected chi connectivity index (χ4v) is 2.26. The van der Waals surface area contributed by atoms with Gasteiger partial charge in [-0.1, -0.05) is 30.3 Å². The van der Waals surface area contributed by atoms with Crippen LogP contribution >= 0.6 is 0 Å². The topological polar surface area (TPSA) is 57.6 Å². The fourth-order valence-electron chi connectivity index (χ4n) is 1.62. The second-order valence-corrected chi connectivity index (χ2v) is 6.91. The Balaban J connectivity index is 2.32. The van der Waals surface area contributed by atoms with Gasteiger partial charge in [0.15, 0.2) is 0 Å². The summed E-state index contributed by atoms with van der Waals surface area (Å²) in [6.45, 7) is 1.17. The number of sulfone groups is 1. The molecule has 1 atom stereocenters. The molecule has 0 fully saturated rings. The fraction of sp³-hybridized carbons (Fsp3) is 0.538. The van der Waals surface area contributed by atoms with Crippen molar-refractivity contribution in [1.29, 1.82) is 0 Å². The molecule has 4 nitrogen and oxygen atoms in total. The Hall–Kier alpha value is -0.910. The lowest BCUT2D eigenvalue weighted by Crippen LogP contribution is -2.27. The molecule has 1 aromatic rings. The minimum atomic E-state index is -2.91. The molecule has 0 saturated carbocycles. The third-order valence-corrected chi connectivity index (χ3v) is 3.74. The van der Waals surface area contributed by atoms with Gasteiger partial charge in [-0.2, -0.15) is 0 Å². The number of aliphatic hydroxyl groups excluding tert-OH is 1. The number of rotatable bonds is 7. The van der Waals surface area contributed by atoms with Crippen molar-refractivity contribution in [3.05, 3.63) is 35.9 Å². The first kappa shape index (κ1) is 15.1. The van der Waals surface area contributed by atoms with Crippen LogP contribution in [0.2, 0.25) is 0 Å². The Kier molecular flexibility index (Phi) is 5.78. The largest absolute Gasteiger partial charge is 0.388 e. The summed E-state index contributed by atoms with van der Waals surface area (Å²) in [7, 11) is -1.05. The van der Waals surface area contributed by atoms with Crippen LogP contribution in [-0.2, 0) is 9.84 Å². The van der Waals surface area contributed by atoms with Gasteiger partial charge in [-0.25, -0.2) is 8.42 Å². The van der Waals surface area contributed by atoms with Crippen LogP contribution in [0.25, 0.3) is 0 Å². The lowest BCUT2D eigenvalue weighted by molar-refractivity contribution is 0.150. The molecule has 1 aromatic carbocycles. The van der Waals surface area contributed by atoms with E-state index in [1.165, 1.54) is 6.26 Å². The molecule has 0 bridgehead atoms. The summed E-state index contributed by atoms with van der Waals surface area (Å²) in [5, 5.41) is 9.95. The Morgan fingerprint density at radius 3 is 2.39 bits per heavy atom. The molecule has 5 heteroatoms. The van der Waals surface area contributed by atoms with Crippen molar-refractivity contribution in [1.82, 2.24) is 4.90 Å². The number of aliphatic hydroxyl groups is 1. The summed E-state index contributed by atoms with van der Waals surface area (Å²) in [4.78, 5) is 1.92. The lowest BCUT2D eigenvalue weighted by Gasteiger charge is -2.18. The van der Waals surface area contributed by atoms with E-state index in [1.54, 1.807) is 0 Å². The van der Waals surface area contributed by atoms with E-state index >= 15 is 0 Å². The molecule has 0 aliphatic carbocycles. The number of benzene rings is 1. The van der Waals surface area contributed by atoms with Gasteiger partial charge in [-0.05, 0) is 19.0 Å². The van der Waals surface area contributed by atoms with Crippen LogP contribution in [0.1, 0.15) is 18.1 Å². The average molecular weight is 271 g/mol. The molecule has 18 heavy (non-hydrogen) atoms. The summed E-state index contributed by atoms with van der Waals surface area (Å²) >= 11 is 0. The molecule has 0 aromatic heterocycles. The van der Waals surface area contributed by atoms with E-state index in [2.05, 4.69) is 0 Å². The molecule has 0 heterocycles.